The molecule has 6 nitrogen and oxygen atoms in total. The SMILES string of the molecule is Cc1nc(C)c(CNc2nc(OCCc3ccc(N(C)C)cc3)nc(Cl)c2C)s1. The number of ether oxygens (including phenoxy) is 1. The third-order valence-electron chi connectivity index (χ3n) is 4.56. The lowest BCUT2D eigenvalue weighted by Gasteiger charge is -2.13. The van der Waals surface area contributed by atoms with Gasteiger partial charge < -0.3 is 15.0 Å². The van der Waals surface area contributed by atoms with Crippen LogP contribution in [0.1, 0.15) is 26.7 Å². The molecule has 3 rings (SSSR count). The van der Waals surface area contributed by atoms with Gasteiger partial charge in [-0.05, 0) is 38.5 Å². The van der Waals surface area contributed by atoms with Crippen molar-refractivity contribution in [2.45, 2.75) is 33.7 Å². The molecule has 154 valence electrons. The third-order valence-corrected chi connectivity index (χ3v) is 6.00. The fraction of sp³-hybridized carbons (Fsp3) is 0.381. The van der Waals surface area contributed by atoms with E-state index in [-0.39, 0.29) is 6.01 Å². The second kappa shape index (κ2) is 9.41. The molecule has 0 aliphatic heterocycles. The van der Waals surface area contributed by atoms with E-state index in [1.807, 2.05) is 34.9 Å². The molecule has 29 heavy (non-hydrogen) atoms. The van der Waals surface area contributed by atoms with Gasteiger partial charge in [-0.25, -0.2) is 4.98 Å². The Kier molecular flexibility index (Phi) is 6.92. The molecule has 0 unspecified atom stereocenters. The van der Waals surface area contributed by atoms with E-state index < -0.39 is 0 Å². The molecule has 0 aliphatic rings. The molecule has 3 aromatic rings. The van der Waals surface area contributed by atoms with Crippen molar-refractivity contribution in [1.82, 2.24) is 15.0 Å². The molecular formula is C21H26ClN5OS. The van der Waals surface area contributed by atoms with E-state index in [1.165, 1.54) is 16.1 Å². The Morgan fingerprint density at radius 2 is 1.79 bits per heavy atom. The summed E-state index contributed by atoms with van der Waals surface area (Å²) in [6, 6.07) is 8.69. The minimum absolute atomic E-state index is 0.283. The Morgan fingerprint density at radius 3 is 2.41 bits per heavy atom. The highest BCUT2D eigenvalue weighted by atomic mass is 35.5. The van der Waals surface area contributed by atoms with Crippen LogP contribution in [0.3, 0.4) is 0 Å². The van der Waals surface area contributed by atoms with Gasteiger partial charge in [0.2, 0.25) is 0 Å². The van der Waals surface area contributed by atoms with Crippen LogP contribution in [0.5, 0.6) is 6.01 Å². The molecule has 1 aromatic carbocycles. The van der Waals surface area contributed by atoms with Crippen LogP contribution in [0.25, 0.3) is 0 Å². The maximum atomic E-state index is 6.29. The first-order valence-corrected chi connectivity index (χ1v) is 10.6. The zero-order valence-electron chi connectivity index (χ0n) is 17.4. The predicted molar refractivity (Wildman–Crippen MR) is 121 cm³/mol. The fourth-order valence-corrected chi connectivity index (χ4v) is 3.87. The summed E-state index contributed by atoms with van der Waals surface area (Å²) in [4.78, 5) is 16.5. The van der Waals surface area contributed by atoms with Gasteiger partial charge in [-0.1, -0.05) is 23.7 Å². The second-order valence-electron chi connectivity index (χ2n) is 7.02. The Balaban J connectivity index is 1.61. The number of nitrogens with one attached hydrogen (secondary N) is 1. The molecule has 0 saturated carbocycles. The largest absolute Gasteiger partial charge is 0.463 e. The van der Waals surface area contributed by atoms with Crippen molar-refractivity contribution in [2.24, 2.45) is 0 Å². The summed E-state index contributed by atoms with van der Waals surface area (Å²) in [5.74, 6) is 0.681. The molecule has 0 atom stereocenters. The summed E-state index contributed by atoms with van der Waals surface area (Å²) in [5.41, 5.74) is 4.21. The zero-order chi connectivity index (χ0) is 21.0. The number of halogens is 1. The van der Waals surface area contributed by atoms with Crippen LogP contribution in [0, 0.1) is 20.8 Å². The Morgan fingerprint density at radius 1 is 1.07 bits per heavy atom. The van der Waals surface area contributed by atoms with E-state index in [0.29, 0.717) is 24.1 Å². The standard InChI is InChI=1S/C21H26ClN5OS/c1-13-19(22)25-21(26-20(13)23-12-18-14(2)24-15(3)29-18)28-11-10-16-6-8-17(9-7-16)27(4)5/h6-9H,10-12H2,1-5H3,(H,23,25,26). The number of hydrogen-bond acceptors (Lipinski definition) is 7. The molecule has 8 heteroatoms. The summed E-state index contributed by atoms with van der Waals surface area (Å²) >= 11 is 7.97. The average Bonchev–Trinajstić information content (AvgIpc) is 3.01. The zero-order valence-corrected chi connectivity index (χ0v) is 19.0. The summed E-state index contributed by atoms with van der Waals surface area (Å²) < 4.78 is 5.78. The van der Waals surface area contributed by atoms with Gasteiger partial charge >= 0.3 is 6.01 Å². The lowest BCUT2D eigenvalue weighted by atomic mass is 10.1. The second-order valence-corrected chi connectivity index (χ2v) is 8.67. The molecule has 0 radical (unpaired) electrons. The van der Waals surface area contributed by atoms with Crippen LogP contribution in [0.2, 0.25) is 5.15 Å². The van der Waals surface area contributed by atoms with E-state index in [1.54, 1.807) is 11.3 Å². The first-order valence-electron chi connectivity index (χ1n) is 9.43. The van der Waals surface area contributed by atoms with Crippen LogP contribution in [0.4, 0.5) is 11.5 Å². The van der Waals surface area contributed by atoms with Gasteiger partial charge in [-0.3, -0.25) is 0 Å². The topological polar surface area (TPSA) is 63.2 Å². The summed E-state index contributed by atoms with van der Waals surface area (Å²) in [6.07, 6.45) is 0.769. The van der Waals surface area contributed by atoms with E-state index in [4.69, 9.17) is 16.3 Å². The summed E-state index contributed by atoms with van der Waals surface area (Å²) in [5, 5.41) is 4.79. The quantitative estimate of drug-likeness (QED) is 0.516. The van der Waals surface area contributed by atoms with Crippen molar-refractivity contribution in [1.29, 1.82) is 0 Å². The fourth-order valence-electron chi connectivity index (χ4n) is 2.83. The van der Waals surface area contributed by atoms with Gasteiger partial charge in [0.15, 0.2) is 0 Å². The smallest absolute Gasteiger partial charge is 0.319 e. The normalized spacial score (nSPS) is 10.8. The van der Waals surface area contributed by atoms with Gasteiger partial charge in [-0.2, -0.15) is 9.97 Å². The van der Waals surface area contributed by atoms with Crippen LogP contribution < -0.4 is 15.0 Å². The van der Waals surface area contributed by atoms with Crippen LogP contribution in [0.15, 0.2) is 24.3 Å². The van der Waals surface area contributed by atoms with Gasteiger partial charge in [0.05, 0.1) is 23.9 Å². The number of rotatable bonds is 8. The van der Waals surface area contributed by atoms with Gasteiger partial charge in [0.1, 0.15) is 11.0 Å². The van der Waals surface area contributed by atoms with Crippen molar-refractivity contribution in [2.75, 3.05) is 30.9 Å². The third kappa shape index (κ3) is 5.58. The number of aromatic nitrogens is 3. The Labute approximate surface area is 180 Å². The highest BCUT2D eigenvalue weighted by molar-refractivity contribution is 7.11. The van der Waals surface area contributed by atoms with E-state index in [2.05, 4.69) is 49.4 Å². The number of thiazole rings is 1. The highest BCUT2D eigenvalue weighted by Crippen LogP contribution is 2.25. The van der Waals surface area contributed by atoms with Gasteiger partial charge in [0, 0.05) is 36.6 Å². The van der Waals surface area contributed by atoms with Crippen molar-refractivity contribution in [3.8, 4) is 6.01 Å². The van der Waals surface area contributed by atoms with E-state index >= 15 is 0 Å². The molecule has 2 heterocycles. The van der Waals surface area contributed by atoms with Crippen molar-refractivity contribution >= 4 is 34.4 Å². The van der Waals surface area contributed by atoms with Crippen LogP contribution in [-0.2, 0) is 13.0 Å². The number of nitrogens with zero attached hydrogens (tertiary/aromatic N) is 4. The van der Waals surface area contributed by atoms with E-state index in [9.17, 15) is 0 Å². The molecule has 0 saturated heterocycles. The number of hydrogen-bond donors (Lipinski definition) is 1. The van der Waals surface area contributed by atoms with Crippen LogP contribution in [-0.4, -0.2) is 35.7 Å². The maximum absolute atomic E-state index is 6.29. The lowest BCUT2D eigenvalue weighted by Crippen LogP contribution is -2.10. The molecule has 0 amide bonds. The highest BCUT2D eigenvalue weighted by Gasteiger charge is 2.12. The number of anilines is 2. The molecule has 1 N–H and O–H groups in total. The maximum Gasteiger partial charge on any atom is 0.319 e. The Bertz CT molecular complexity index is 972. The van der Waals surface area contributed by atoms with Gasteiger partial charge in [0.25, 0.3) is 0 Å². The number of benzene rings is 1. The van der Waals surface area contributed by atoms with Crippen LogP contribution >= 0.6 is 22.9 Å². The minimum Gasteiger partial charge on any atom is -0.463 e. The Hall–Kier alpha value is -2.38. The molecule has 0 fully saturated rings. The molecule has 2 aromatic heterocycles. The molecule has 0 aliphatic carbocycles. The molecule has 0 spiro atoms. The summed E-state index contributed by atoms with van der Waals surface area (Å²) in [6.45, 7) is 7.04. The molecule has 0 bridgehead atoms. The monoisotopic (exact) mass is 431 g/mol. The van der Waals surface area contributed by atoms with Crippen molar-refractivity contribution in [3.05, 3.63) is 56.1 Å². The minimum atomic E-state index is 0.283. The molecular weight excluding hydrogens is 406 g/mol. The predicted octanol–water partition coefficient (Wildman–Crippen LogP) is 4.81. The lowest BCUT2D eigenvalue weighted by molar-refractivity contribution is 0.296. The van der Waals surface area contributed by atoms with E-state index in [0.717, 1.165) is 22.7 Å². The van der Waals surface area contributed by atoms with Crippen molar-refractivity contribution in [3.63, 3.8) is 0 Å². The summed E-state index contributed by atoms with van der Waals surface area (Å²) in [7, 11) is 4.05. The first-order chi connectivity index (χ1) is 13.8. The number of aryl methyl sites for hydroxylation is 2. The first kappa shape index (κ1) is 21.3. The van der Waals surface area contributed by atoms with Crippen molar-refractivity contribution < 1.29 is 4.74 Å². The average molecular weight is 432 g/mol. The van der Waals surface area contributed by atoms with Gasteiger partial charge in [-0.15, -0.1) is 11.3 Å².